The highest BCUT2D eigenvalue weighted by atomic mass is 32.1. The molecule has 0 saturated carbocycles. The molecule has 2 aromatic rings. The second-order valence-corrected chi connectivity index (χ2v) is 6.19. The molecule has 2 nitrogen and oxygen atoms in total. The number of nitrogens with one attached hydrogen (secondary N) is 1. The van der Waals surface area contributed by atoms with Crippen molar-refractivity contribution in [2.24, 2.45) is 0 Å². The number of hydrogen-bond donors (Lipinski definition) is 1. The number of benzene rings is 1. The predicted molar refractivity (Wildman–Crippen MR) is 78.6 cm³/mol. The van der Waals surface area contributed by atoms with Gasteiger partial charge in [0.15, 0.2) is 4.77 Å². The van der Waals surface area contributed by atoms with Crippen molar-refractivity contribution < 1.29 is 0 Å². The van der Waals surface area contributed by atoms with Crippen LogP contribution in [0.25, 0.3) is 0 Å². The van der Waals surface area contributed by atoms with E-state index in [-0.39, 0.29) is 5.41 Å². The Bertz CT molecular complexity index is 599. The third-order valence-corrected chi connectivity index (χ3v) is 3.40. The lowest BCUT2D eigenvalue weighted by molar-refractivity contribution is 0.529. The van der Waals surface area contributed by atoms with Crippen LogP contribution in [-0.2, 0) is 12.0 Å². The summed E-state index contributed by atoms with van der Waals surface area (Å²) in [6.07, 6.45) is 2.03. The first kappa shape index (κ1) is 13.1. The Morgan fingerprint density at radius 3 is 2.61 bits per heavy atom. The van der Waals surface area contributed by atoms with Crippen LogP contribution < -0.4 is 0 Å². The largest absolute Gasteiger partial charge is 0.337 e. The Kier molecular flexibility index (Phi) is 3.44. The van der Waals surface area contributed by atoms with Gasteiger partial charge in [-0.2, -0.15) is 0 Å². The molecular formula is C15H20N2S. The summed E-state index contributed by atoms with van der Waals surface area (Å²) in [6.45, 7) is 9.56. The zero-order valence-electron chi connectivity index (χ0n) is 11.4. The zero-order valence-corrected chi connectivity index (χ0v) is 12.3. The van der Waals surface area contributed by atoms with E-state index in [0.717, 1.165) is 11.3 Å². The summed E-state index contributed by atoms with van der Waals surface area (Å²) >= 11 is 5.38. The van der Waals surface area contributed by atoms with E-state index in [1.54, 1.807) is 0 Å². The third kappa shape index (κ3) is 2.72. The predicted octanol–water partition coefficient (Wildman–Crippen LogP) is 4.20. The number of aromatic nitrogens is 2. The van der Waals surface area contributed by atoms with Gasteiger partial charge in [-0.05, 0) is 24.7 Å². The molecule has 0 radical (unpaired) electrons. The molecule has 1 heterocycles. The maximum absolute atomic E-state index is 5.38. The third-order valence-electron chi connectivity index (χ3n) is 3.06. The van der Waals surface area contributed by atoms with Crippen molar-refractivity contribution in [2.45, 2.75) is 39.7 Å². The Labute approximate surface area is 114 Å². The molecule has 1 N–H and O–H groups in total. The topological polar surface area (TPSA) is 20.7 Å². The summed E-state index contributed by atoms with van der Waals surface area (Å²) in [4.78, 5) is 3.16. The van der Waals surface area contributed by atoms with Crippen LogP contribution in [0.2, 0.25) is 0 Å². The number of rotatable bonds is 2. The second-order valence-electron chi connectivity index (χ2n) is 5.80. The Morgan fingerprint density at radius 2 is 2.00 bits per heavy atom. The molecule has 0 spiro atoms. The van der Waals surface area contributed by atoms with Crippen LogP contribution in [0, 0.1) is 11.7 Å². The molecule has 0 aliphatic rings. The Balaban J connectivity index is 2.41. The van der Waals surface area contributed by atoms with E-state index in [1.807, 2.05) is 6.20 Å². The van der Waals surface area contributed by atoms with Crippen molar-refractivity contribution in [1.29, 1.82) is 0 Å². The average Bonchev–Trinajstić information content (AvgIpc) is 2.60. The van der Waals surface area contributed by atoms with Gasteiger partial charge in [0.05, 0.1) is 6.54 Å². The summed E-state index contributed by atoms with van der Waals surface area (Å²) in [6, 6.07) is 8.57. The van der Waals surface area contributed by atoms with Gasteiger partial charge in [-0.3, -0.25) is 0 Å². The lowest BCUT2D eigenvalue weighted by Crippen LogP contribution is -2.18. The maximum Gasteiger partial charge on any atom is 0.177 e. The molecule has 2 rings (SSSR count). The molecule has 0 fully saturated rings. The van der Waals surface area contributed by atoms with Gasteiger partial charge in [-0.25, -0.2) is 0 Å². The molecule has 1 aromatic heterocycles. The molecule has 3 heteroatoms. The van der Waals surface area contributed by atoms with Crippen LogP contribution in [0.4, 0.5) is 0 Å². The minimum absolute atomic E-state index is 0.0946. The van der Waals surface area contributed by atoms with Gasteiger partial charge in [0.2, 0.25) is 0 Å². The first-order valence-electron chi connectivity index (χ1n) is 6.22. The van der Waals surface area contributed by atoms with Crippen LogP contribution in [0.15, 0.2) is 30.5 Å². The fourth-order valence-corrected chi connectivity index (χ4v) is 2.39. The molecule has 0 saturated heterocycles. The smallest absolute Gasteiger partial charge is 0.177 e. The van der Waals surface area contributed by atoms with E-state index >= 15 is 0 Å². The van der Waals surface area contributed by atoms with E-state index in [9.17, 15) is 0 Å². The molecule has 0 aliphatic heterocycles. The van der Waals surface area contributed by atoms with E-state index in [4.69, 9.17) is 12.2 Å². The number of aromatic amines is 1. The standard InChI is InChI=1S/C15H20N2S/c1-11-6-5-7-12(8-11)10-17-13(15(2,3)4)9-16-14(17)18/h5-9H,10H2,1-4H3,(H,16,18). The van der Waals surface area contributed by atoms with E-state index < -0.39 is 0 Å². The van der Waals surface area contributed by atoms with Gasteiger partial charge in [-0.15, -0.1) is 0 Å². The Morgan fingerprint density at radius 1 is 1.28 bits per heavy atom. The van der Waals surface area contributed by atoms with E-state index in [2.05, 4.69) is 61.5 Å². The zero-order chi connectivity index (χ0) is 13.3. The van der Waals surface area contributed by atoms with Crippen molar-refractivity contribution in [3.8, 4) is 0 Å². The monoisotopic (exact) mass is 260 g/mol. The number of aryl methyl sites for hydroxylation is 1. The fourth-order valence-electron chi connectivity index (χ4n) is 2.17. The number of nitrogens with zero attached hydrogens (tertiary/aromatic N) is 1. The molecule has 0 aliphatic carbocycles. The fraction of sp³-hybridized carbons (Fsp3) is 0.400. The molecule has 18 heavy (non-hydrogen) atoms. The van der Waals surface area contributed by atoms with Gasteiger partial charge >= 0.3 is 0 Å². The molecular weight excluding hydrogens is 240 g/mol. The Hall–Kier alpha value is -1.35. The van der Waals surface area contributed by atoms with Crippen molar-refractivity contribution >= 4 is 12.2 Å². The van der Waals surface area contributed by atoms with Crippen molar-refractivity contribution in [3.63, 3.8) is 0 Å². The normalized spacial score (nSPS) is 11.8. The highest BCUT2D eigenvalue weighted by Gasteiger charge is 2.19. The summed E-state index contributed by atoms with van der Waals surface area (Å²) in [5.41, 5.74) is 3.91. The SMILES string of the molecule is Cc1cccc(Cn2c(C(C)(C)C)c[nH]c2=S)c1. The van der Waals surface area contributed by atoms with Gasteiger partial charge < -0.3 is 9.55 Å². The number of imidazole rings is 1. The highest BCUT2D eigenvalue weighted by Crippen LogP contribution is 2.23. The summed E-state index contributed by atoms with van der Waals surface area (Å²) in [5, 5.41) is 0. The molecule has 1 aromatic carbocycles. The number of hydrogen-bond acceptors (Lipinski definition) is 1. The lowest BCUT2D eigenvalue weighted by Gasteiger charge is -2.20. The molecule has 0 amide bonds. The van der Waals surface area contributed by atoms with Crippen LogP contribution in [0.1, 0.15) is 37.6 Å². The lowest BCUT2D eigenvalue weighted by atomic mass is 9.92. The van der Waals surface area contributed by atoms with Crippen LogP contribution in [0.5, 0.6) is 0 Å². The van der Waals surface area contributed by atoms with Gasteiger partial charge in [0.25, 0.3) is 0 Å². The van der Waals surface area contributed by atoms with Gasteiger partial charge in [-0.1, -0.05) is 50.6 Å². The quantitative estimate of drug-likeness (QED) is 0.803. The van der Waals surface area contributed by atoms with E-state index in [1.165, 1.54) is 16.8 Å². The van der Waals surface area contributed by atoms with Crippen molar-refractivity contribution in [2.75, 3.05) is 0 Å². The van der Waals surface area contributed by atoms with Crippen LogP contribution in [0.3, 0.4) is 0 Å². The van der Waals surface area contributed by atoms with E-state index in [0.29, 0.717) is 0 Å². The van der Waals surface area contributed by atoms with Gasteiger partial charge in [0.1, 0.15) is 0 Å². The maximum atomic E-state index is 5.38. The minimum Gasteiger partial charge on any atom is -0.337 e. The molecule has 0 unspecified atom stereocenters. The number of H-pyrrole nitrogens is 1. The van der Waals surface area contributed by atoms with Crippen LogP contribution in [-0.4, -0.2) is 9.55 Å². The second kappa shape index (κ2) is 4.73. The summed E-state index contributed by atoms with van der Waals surface area (Å²) in [5.74, 6) is 0. The first-order chi connectivity index (χ1) is 8.38. The summed E-state index contributed by atoms with van der Waals surface area (Å²) < 4.78 is 2.98. The van der Waals surface area contributed by atoms with Crippen molar-refractivity contribution in [3.05, 3.63) is 52.1 Å². The average molecular weight is 260 g/mol. The highest BCUT2D eigenvalue weighted by molar-refractivity contribution is 7.71. The van der Waals surface area contributed by atoms with Gasteiger partial charge in [0, 0.05) is 17.3 Å². The van der Waals surface area contributed by atoms with Crippen LogP contribution >= 0.6 is 12.2 Å². The molecule has 96 valence electrons. The van der Waals surface area contributed by atoms with Crippen molar-refractivity contribution in [1.82, 2.24) is 9.55 Å². The molecule has 0 bridgehead atoms. The minimum atomic E-state index is 0.0946. The first-order valence-corrected chi connectivity index (χ1v) is 6.63. The summed E-state index contributed by atoms with van der Waals surface area (Å²) in [7, 11) is 0. The molecule has 0 atom stereocenters.